The lowest BCUT2D eigenvalue weighted by molar-refractivity contribution is -0.138. The zero-order valence-electron chi connectivity index (χ0n) is 13.0. The van der Waals surface area contributed by atoms with Crippen LogP contribution in [0.4, 0.5) is 0 Å². The first kappa shape index (κ1) is 18.7. The van der Waals surface area contributed by atoms with Crippen molar-refractivity contribution in [1.29, 1.82) is 0 Å². The molecule has 5 nitrogen and oxygen atoms in total. The largest absolute Gasteiger partial charge is 0.385 e. The Bertz CT molecular complexity index is 291. The average molecular weight is 321 g/mol. The minimum Gasteiger partial charge on any atom is -0.385 e. The van der Waals surface area contributed by atoms with E-state index in [4.69, 9.17) is 9.47 Å². The van der Waals surface area contributed by atoms with E-state index in [1.165, 1.54) is 0 Å². The number of carbonyl (C=O) groups is 1. The van der Waals surface area contributed by atoms with Gasteiger partial charge in [-0.1, -0.05) is 0 Å². The molecule has 124 valence electrons. The van der Waals surface area contributed by atoms with Crippen molar-refractivity contribution >= 4 is 18.3 Å². The van der Waals surface area contributed by atoms with Gasteiger partial charge >= 0.3 is 0 Å². The van der Waals surface area contributed by atoms with Gasteiger partial charge in [0.05, 0.1) is 12.0 Å². The van der Waals surface area contributed by atoms with E-state index in [9.17, 15) is 4.79 Å². The summed E-state index contributed by atoms with van der Waals surface area (Å²) in [6.45, 7) is 5.13. The molecule has 0 aromatic rings. The molecule has 2 saturated heterocycles. The van der Waals surface area contributed by atoms with Crippen LogP contribution in [0.3, 0.4) is 0 Å². The second-order valence-corrected chi connectivity index (χ2v) is 5.79. The second kappa shape index (κ2) is 10.4. The van der Waals surface area contributed by atoms with Crippen molar-refractivity contribution in [3.8, 4) is 0 Å². The minimum atomic E-state index is 0. The van der Waals surface area contributed by atoms with Gasteiger partial charge in [-0.2, -0.15) is 0 Å². The number of amides is 1. The van der Waals surface area contributed by atoms with E-state index >= 15 is 0 Å². The topological polar surface area (TPSA) is 50.8 Å². The van der Waals surface area contributed by atoms with Gasteiger partial charge in [-0.3, -0.25) is 4.79 Å². The van der Waals surface area contributed by atoms with Gasteiger partial charge in [0.15, 0.2) is 0 Å². The molecule has 6 heteroatoms. The maximum Gasteiger partial charge on any atom is 0.226 e. The standard InChI is InChI=1S/C15H28N2O3.ClH/c1-19-10-3-11-20-14-5-8-17(9-6-14)15(18)13-4-2-7-16-12-13;/h13-14,16H,2-12H2,1H3;1H. The molecule has 0 radical (unpaired) electrons. The molecule has 0 aromatic carbocycles. The molecule has 2 heterocycles. The summed E-state index contributed by atoms with van der Waals surface area (Å²) in [5.41, 5.74) is 0. The lowest BCUT2D eigenvalue weighted by Crippen LogP contribution is -2.47. The third kappa shape index (κ3) is 6.10. The van der Waals surface area contributed by atoms with Crippen LogP contribution in [0.2, 0.25) is 0 Å². The molecular formula is C15H29ClN2O3. The maximum absolute atomic E-state index is 12.4. The van der Waals surface area contributed by atoms with Crippen LogP contribution in [-0.4, -0.2) is 63.4 Å². The fourth-order valence-electron chi connectivity index (χ4n) is 3.02. The Morgan fingerprint density at radius 1 is 1.24 bits per heavy atom. The summed E-state index contributed by atoms with van der Waals surface area (Å²) in [5, 5.41) is 3.32. The van der Waals surface area contributed by atoms with Crippen LogP contribution in [0, 0.1) is 5.92 Å². The van der Waals surface area contributed by atoms with Crippen molar-refractivity contribution in [2.75, 3.05) is 46.5 Å². The monoisotopic (exact) mass is 320 g/mol. The average Bonchev–Trinajstić information content (AvgIpc) is 2.52. The molecule has 21 heavy (non-hydrogen) atoms. The Labute approximate surface area is 134 Å². The summed E-state index contributed by atoms with van der Waals surface area (Å²) < 4.78 is 10.8. The molecule has 1 unspecified atom stereocenters. The molecule has 1 atom stereocenters. The highest BCUT2D eigenvalue weighted by Gasteiger charge is 2.29. The summed E-state index contributed by atoms with van der Waals surface area (Å²) in [5.74, 6) is 0.540. The van der Waals surface area contributed by atoms with Crippen LogP contribution in [0.5, 0.6) is 0 Å². The normalized spacial score (nSPS) is 23.7. The summed E-state index contributed by atoms with van der Waals surface area (Å²) in [6.07, 6.45) is 5.37. The van der Waals surface area contributed by atoms with Crippen LogP contribution in [-0.2, 0) is 14.3 Å². The van der Waals surface area contributed by atoms with E-state index in [-0.39, 0.29) is 18.3 Å². The molecular weight excluding hydrogens is 292 g/mol. The molecule has 2 aliphatic heterocycles. The van der Waals surface area contributed by atoms with Crippen molar-refractivity contribution in [2.24, 2.45) is 5.92 Å². The van der Waals surface area contributed by atoms with Gasteiger partial charge in [-0.05, 0) is 38.6 Å². The maximum atomic E-state index is 12.4. The van der Waals surface area contributed by atoms with E-state index in [1.54, 1.807) is 7.11 Å². The Morgan fingerprint density at radius 3 is 2.62 bits per heavy atom. The van der Waals surface area contributed by atoms with Crippen molar-refractivity contribution < 1.29 is 14.3 Å². The molecule has 2 rings (SSSR count). The van der Waals surface area contributed by atoms with Gasteiger partial charge in [-0.25, -0.2) is 0 Å². The Morgan fingerprint density at radius 2 is 2.00 bits per heavy atom. The summed E-state index contributed by atoms with van der Waals surface area (Å²) >= 11 is 0. The fourth-order valence-corrected chi connectivity index (χ4v) is 3.02. The number of nitrogens with zero attached hydrogens (tertiary/aromatic N) is 1. The van der Waals surface area contributed by atoms with Gasteiger partial charge in [-0.15, -0.1) is 12.4 Å². The number of methoxy groups -OCH3 is 1. The summed E-state index contributed by atoms with van der Waals surface area (Å²) in [7, 11) is 1.71. The zero-order chi connectivity index (χ0) is 14.2. The number of nitrogens with one attached hydrogen (secondary N) is 1. The number of hydrogen-bond donors (Lipinski definition) is 1. The predicted octanol–water partition coefficient (Wildman–Crippen LogP) is 1.45. The number of carbonyl (C=O) groups excluding carboxylic acids is 1. The molecule has 1 N–H and O–H groups in total. The molecule has 0 bridgehead atoms. The first-order valence-electron chi connectivity index (χ1n) is 7.91. The van der Waals surface area contributed by atoms with E-state index in [0.717, 1.165) is 71.5 Å². The first-order chi connectivity index (χ1) is 9.81. The van der Waals surface area contributed by atoms with Crippen LogP contribution >= 0.6 is 12.4 Å². The van der Waals surface area contributed by atoms with Gasteiger partial charge < -0.3 is 19.7 Å². The Hall–Kier alpha value is -0.360. The molecule has 2 fully saturated rings. The number of halogens is 1. The molecule has 0 aromatic heterocycles. The van der Waals surface area contributed by atoms with Crippen LogP contribution in [0.25, 0.3) is 0 Å². The third-order valence-electron chi connectivity index (χ3n) is 4.25. The van der Waals surface area contributed by atoms with Crippen LogP contribution in [0.1, 0.15) is 32.1 Å². The van der Waals surface area contributed by atoms with E-state index in [1.807, 2.05) is 4.90 Å². The summed E-state index contributed by atoms with van der Waals surface area (Å²) in [6, 6.07) is 0. The molecule has 2 aliphatic rings. The highest BCUT2D eigenvalue weighted by Crippen LogP contribution is 2.19. The lowest BCUT2D eigenvalue weighted by atomic mass is 9.96. The van der Waals surface area contributed by atoms with Gasteiger partial charge in [0.1, 0.15) is 0 Å². The van der Waals surface area contributed by atoms with Crippen molar-refractivity contribution in [2.45, 2.75) is 38.2 Å². The minimum absolute atomic E-state index is 0. The number of piperidine rings is 2. The Kier molecular flexibility index (Phi) is 9.24. The number of rotatable bonds is 6. The highest BCUT2D eigenvalue weighted by atomic mass is 35.5. The molecule has 0 spiro atoms. The SMILES string of the molecule is COCCCOC1CCN(C(=O)C2CCCNC2)CC1.Cl. The zero-order valence-corrected chi connectivity index (χ0v) is 13.8. The third-order valence-corrected chi connectivity index (χ3v) is 4.25. The number of hydrogen-bond acceptors (Lipinski definition) is 4. The second-order valence-electron chi connectivity index (χ2n) is 5.79. The summed E-state index contributed by atoms with van der Waals surface area (Å²) in [4.78, 5) is 14.4. The fraction of sp³-hybridized carbons (Fsp3) is 0.933. The van der Waals surface area contributed by atoms with Gasteiger partial charge in [0.25, 0.3) is 0 Å². The lowest BCUT2D eigenvalue weighted by Gasteiger charge is -2.35. The molecule has 0 saturated carbocycles. The van der Waals surface area contributed by atoms with Crippen LogP contribution in [0.15, 0.2) is 0 Å². The van der Waals surface area contributed by atoms with Gasteiger partial charge in [0.2, 0.25) is 5.91 Å². The van der Waals surface area contributed by atoms with E-state index in [0.29, 0.717) is 12.0 Å². The van der Waals surface area contributed by atoms with Crippen molar-refractivity contribution in [3.63, 3.8) is 0 Å². The van der Waals surface area contributed by atoms with E-state index in [2.05, 4.69) is 5.32 Å². The van der Waals surface area contributed by atoms with Crippen molar-refractivity contribution in [3.05, 3.63) is 0 Å². The quantitative estimate of drug-likeness (QED) is 0.753. The number of likely N-dealkylation sites (tertiary alicyclic amines) is 1. The van der Waals surface area contributed by atoms with Crippen LogP contribution < -0.4 is 5.32 Å². The smallest absolute Gasteiger partial charge is 0.226 e. The Balaban J connectivity index is 0.00000220. The predicted molar refractivity (Wildman–Crippen MR) is 84.9 cm³/mol. The number of ether oxygens (including phenoxy) is 2. The van der Waals surface area contributed by atoms with E-state index < -0.39 is 0 Å². The highest BCUT2D eigenvalue weighted by molar-refractivity contribution is 5.85. The van der Waals surface area contributed by atoms with Crippen molar-refractivity contribution in [1.82, 2.24) is 10.2 Å². The molecule has 0 aliphatic carbocycles. The first-order valence-corrected chi connectivity index (χ1v) is 7.91. The van der Waals surface area contributed by atoms with Gasteiger partial charge in [0, 0.05) is 40.0 Å². The molecule has 1 amide bonds.